The molecule has 1 aromatic rings. The first-order valence-electron chi connectivity index (χ1n) is 6.95. The summed E-state index contributed by atoms with van der Waals surface area (Å²) in [6, 6.07) is 6.52. The van der Waals surface area contributed by atoms with E-state index in [4.69, 9.17) is 4.74 Å². The second-order valence-electron chi connectivity index (χ2n) is 6.34. The van der Waals surface area contributed by atoms with Gasteiger partial charge in [-0.25, -0.2) is 0 Å². The van der Waals surface area contributed by atoms with E-state index in [0.717, 1.165) is 25.3 Å². The van der Waals surface area contributed by atoms with Crippen molar-refractivity contribution in [3.05, 3.63) is 29.3 Å². The Hall–Kier alpha value is -0.730. The molecule has 0 saturated carbocycles. The van der Waals surface area contributed by atoms with E-state index in [-0.39, 0.29) is 17.8 Å². The van der Waals surface area contributed by atoms with Crippen LogP contribution < -0.4 is 10.1 Å². The number of rotatable bonds is 2. The molecule has 0 spiro atoms. The number of aryl methyl sites for hydroxylation is 1. The molecule has 19 heavy (non-hydrogen) atoms. The number of hydrogen-bond acceptors (Lipinski definition) is 2. The van der Waals surface area contributed by atoms with E-state index >= 15 is 0 Å². The van der Waals surface area contributed by atoms with Crippen LogP contribution in [0.1, 0.15) is 44.7 Å². The Morgan fingerprint density at radius 1 is 1.26 bits per heavy atom. The molecule has 2 nitrogen and oxygen atoms in total. The Kier molecular flexibility index (Phi) is 5.69. The van der Waals surface area contributed by atoms with Crippen LogP contribution in [-0.4, -0.2) is 19.2 Å². The Morgan fingerprint density at radius 2 is 2.00 bits per heavy atom. The average molecular weight is 284 g/mol. The van der Waals surface area contributed by atoms with Crippen molar-refractivity contribution in [1.29, 1.82) is 0 Å². The minimum absolute atomic E-state index is 0. The molecule has 108 valence electrons. The first kappa shape index (κ1) is 16.3. The predicted molar refractivity (Wildman–Crippen MR) is 83.6 cm³/mol. The van der Waals surface area contributed by atoms with Gasteiger partial charge in [-0.15, -0.1) is 12.4 Å². The molecule has 0 aliphatic carbocycles. The second-order valence-corrected chi connectivity index (χ2v) is 6.34. The molecule has 1 N–H and O–H groups in total. The zero-order valence-electron chi connectivity index (χ0n) is 12.5. The topological polar surface area (TPSA) is 21.3 Å². The van der Waals surface area contributed by atoms with Gasteiger partial charge in [0.05, 0.1) is 0 Å². The summed E-state index contributed by atoms with van der Waals surface area (Å²) < 4.78 is 6.21. The Bertz CT molecular complexity index is 406. The summed E-state index contributed by atoms with van der Waals surface area (Å²) >= 11 is 0. The summed E-state index contributed by atoms with van der Waals surface area (Å²) in [5.41, 5.74) is 2.74. The third-order valence-corrected chi connectivity index (χ3v) is 3.49. The number of halogens is 1. The highest BCUT2D eigenvalue weighted by Crippen LogP contribution is 2.33. The molecule has 1 fully saturated rings. The molecular formula is C16H26ClNO. The molecule has 1 atom stereocenters. The molecule has 1 saturated heterocycles. The van der Waals surface area contributed by atoms with Crippen molar-refractivity contribution in [2.75, 3.05) is 13.1 Å². The van der Waals surface area contributed by atoms with Crippen LogP contribution in [-0.2, 0) is 5.41 Å². The van der Waals surface area contributed by atoms with Gasteiger partial charge in [0.1, 0.15) is 11.9 Å². The predicted octanol–water partition coefficient (Wildman–Crippen LogP) is 3.85. The van der Waals surface area contributed by atoms with E-state index in [9.17, 15) is 0 Å². The maximum absolute atomic E-state index is 6.21. The number of piperidine rings is 1. The Labute approximate surface area is 123 Å². The zero-order chi connectivity index (χ0) is 13.2. The summed E-state index contributed by atoms with van der Waals surface area (Å²) in [5.74, 6) is 1.06. The molecule has 2 rings (SSSR count). The van der Waals surface area contributed by atoms with Crippen molar-refractivity contribution in [2.24, 2.45) is 0 Å². The molecule has 1 heterocycles. The second kappa shape index (κ2) is 6.62. The molecule has 1 aliphatic heterocycles. The van der Waals surface area contributed by atoms with Gasteiger partial charge in [-0.3, -0.25) is 0 Å². The summed E-state index contributed by atoms with van der Waals surface area (Å²) in [6.07, 6.45) is 2.69. The first-order valence-corrected chi connectivity index (χ1v) is 6.95. The van der Waals surface area contributed by atoms with Gasteiger partial charge in [0, 0.05) is 6.54 Å². The van der Waals surface area contributed by atoms with E-state index in [2.05, 4.69) is 51.2 Å². The molecule has 3 heteroatoms. The standard InChI is InChI=1S/C16H25NO.ClH/c1-12-7-8-15(14(10-12)16(2,3)4)18-13-6-5-9-17-11-13;/h7-8,10,13,17H,5-6,9,11H2,1-4H3;1H. The van der Waals surface area contributed by atoms with Crippen LogP contribution >= 0.6 is 12.4 Å². The van der Waals surface area contributed by atoms with Gasteiger partial charge in [-0.2, -0.15) is 0 Å². The average Bonchev–Trinajstić information content (AvgIpc) is 2.31. The molecule has 1 aromatic carbocycles. The van der Waals surface area contributed by atoms with Crippen molar-refractivity contribution in [2.45, 2.75) is 52.1 Å². The van der Waals surface area contributed by atoms with Crippen LogP contribution in [0.25, 0.3) is 0 Å². The lowest BCUT2D eigenvalue weighted by atomic mass is 9.85. The summed E-state index contributed by atoms with van der Waals surface area (Å²) in [5, 5.41) is 3.40. The maximum atomic E-state index is 6.21. The third-order valence-electron chi connectivity index (χ3n) is 3.49. The SMILES string of the molecule is Cc1ccc(OC2CCCNC2)c(C(C)(C)C)c1.Cl. The lowest BCUT2D eigenvalue weighted by molar-refractivity contribution is 0.164. The maximum Gasteiger partial charge on any atom is 0.123 e. The summed E-state index contributed by atoms with van der Waals surface area (Å²) in [6.45, 7) is 11.0. The fourth-order valence-electron chi connectivity index (χ4n) is 2.43. The van der Waals surface area contributed by atoms with Gasteiger partial charge in [0.15, 0.2) is 0 Å². The Morgan fingerprint density at radius 3 is 2.58 bits per heavy atom. The number of nitrogens with one attached hydrogen (secondary N) is 1. The van der Waals surface area contributed by atoms with Crippen molar-refractivity contribution < 1.29 is 4.74 Å². The molecule has 0 amide bonds. The highest BCUT2D eigenvalue weighted by Gasteiger charge is 2.22. The van der Waals surface area contributed by atoms with Gasteiger partial charge in [0.2, 0.25) is 0 Å². The molecule has 1 aliphatic rings. The number of ether oxygens (including phenoxy) is 1. The van der Waals surface area contributed by atoms with Crippen LogP contribution in [0, 0.1) is 6.92 Å². The van der Waals surface area contributed by atoms with E-state index in [1.807, 2.05) is 0 Å². The van der Waals surface area contributed by atoms with Gasteiger partial charge >= 0.3 is 0 Å². The van der Waals surface area contributed by atoms with Crippen LogP contribution in [0.3, 0.4) is 0 Å². The largest absolute Gasteiger partial charge is 0.489 e. The van der Waals surface area contributed by atoms with Crippen LogP contribution in [0.5, 0.6) is 5.75 Å². The molecule has 0 bridgehead atoms. The van der Waals surface area contributed by atoms with Crippen LogP contribution in [0.15, 0.2) is 18.2 Å². The molecule has 0 aromatic heterocycles. The third kappa shape index (κ3) is 4.39. The number of benzene rings is 1. The monoisotopic (exact) mass is 283 g/mol. The van der Waals surface area contributed by atoms with Gasteiger partial charge < -0.3 is 10.1 Å². The van der Waals surface area contributed by atoms with E-state index in [1.165, 1.54) is 17.5 Å². The lowest BCUT2D eigenvalue weighted by Crippen LogP contribution is -2.37. The zero-order valence-corrected chi connectivity index (χ0v) is 13.3. The minimum Gasteiger partial charge on any atom is -0.489 e. The van der Waals surface area contributed by atoms with Crippen molar-refractivity contribution in [3.8, 4) is 5.75 Å². The highest BCUT2D eigenvalue weighted by atomic mass is 35.5. The fourth-order valence-corrected chi connectivity index (χ4v) is 2.43. The molecule has 1 unspecified atom stereocenters. The first-order chi connectivity index (χ1) is 8.47. The van der Waals surface area contributed by atoms with Crippen molar-refractivity contribution in [3.63, 3.8) is 0 Å². The van der Waals surface area contributed by atoms with Crippen molar-refractivity contribution in [1.82, 2.24) is 5.32 Å². The normalized spacial score (nSPS) is 19.7. The summed E-state index contributed by atoms with van der Waals surface area (Å²) in [7, 11) is 0. The molecular weight excluding hydrogens is 258 g/mol. The Balaban J connectivity index is 0.00000180. The van der Waals surface area contributed by atoms with Gasteiger partial charge in [0.25, 0.3) is 0 Å². The van der Waals surface area contributed by atoms with E-state index in [0.29, 0.717) is 6.10 Å². The van der Waals surface area contributed by atoms with Crippen LogP contribution in [0.2, 0.25) is 0 Å². The van der Waals surface area contributed by atoms with Crippen LogP contribution in [0.4, 0.5) is 0 Å². The summed E-state index contributed by atoms with van der Waals surface area (Å²) in [4.78, 5) is 0. The highest BCUT2D eigenvalue weighted by molar-refractivity contribution is 5.85. The minimum atomic E-state index is 0. The number of hydrogen-bond donors (Lipinski definition) is 1. The van der Waals surface area contributed by atoms with Gasteiger partial charge in [-0.05, 0) is 43.4 Å². The molecule has 0 radical (unpaired) electrons. The quantitative estimate of drug-likeness (QED) is 0.890. The van der Waals surface area contributed by atoms with Gasteiger partial charge in [-0.1, -0.05) is 38.5 Å². The lowest BCUT2D eigenvalue weighted by Gasteiger charge is -2.28. The smallest absolute Gasteiger partial charge is 0.123 e. The van der Waals surface area contributed by atoms with E-state index < -0.39 is 0 Å². The van der Waals surface area contributed by atoms with E-state index in [1.54, 1.807) is 0 Å². The fraction of sp³-hybridized carbons (Fsp3) is 0.625. The van der Waals surface area contributed by atoms with Crippen molar-refractivity contribution >= 4 is 12.4 Å².